The molecule has 7 heteroatoms. The van der Waals surface area contributed by atoms with Crippen molar-refractivity contribution in [1.29, 1.82) is 5.26 Å². The standard InChI is InChI=1S/C21H16Cl2N2O3/c1-12-8-14(15(10-24)21(26)25-12)13-6-7-19(27-2)20(9-13)28-11-16-17(22)4-3-5-18(16)23/h3-9H,11H2,1-2H3,(H,25,26). The van der Waals surface area contributed by atoms with Crippen LogP contribution in [0.1, 0.15) is 16.8 Å². The molecule has 1 heterocycles. The number of nitriles is 1. The second kappa shape index (κ2) is 8.39. The molecule has 0 bridgehead atoms. The fourth-order valence-electron chi connectivity index (χ4n) is 2.80. The largest absolute Gasteiger partial charge is 0.493 e. The highest BCUT2D eigenvalue weighted by Gasteiger charge is 2.14. The Morgan fingerprint density at radius 3 is 2.46 bits per heavy atom. The van der Waals surface area contributed by atoms with E-state index in [0.717, 1.165) is 0 Å². The van der Waals surface area contributed by atoms with Crippen LogP contribution in [0.25, 0.3) is 11.1 Å². The van der Waals surface area contributed by atoms with Crippen molar-refractivity contribution >= 4 is 23.2 Å². The molecule has 1 N–H and O–H groups in total. The predicted octanol–water partition coefficient (Wildman–Crippen LogP) is 5.12. The number of methoxy groups -OCH3 is 1. The third-order valence-electron chi connectivity index (χ3n) is 4.19. The van der Waals surface area contributed by atoms with Crippen LogP contribution < -0.4 is 15.0 Å². The number of benzene rings is 2. The molecular formula is C21H16Cl2N2O3. The number of nitrogens with zero attached hydrogens (tertiary/aromatic N) is 1. The highest BCUT2D eigenvalue weighted by molar-refractivity contribution is 6.35. The fraction of sp³-hybridized carbons (Fsp3) is 0.143. The van der Waals surface area contributed by atoms with Crippen molar-refractivity contribution in [2.45, 2.75) is 13.5 Å². The molecule has 28 heavy (non-hydrogen) atoms. The molecule has 0 atom stereocenters. The van der Waals surface area contributed by atoms with Gasteiger partial charge in [0, 0.05) is 26.9 Å². The normalized spacial score (nSPS) is 10.4. The van der Waals surface area contributed by atoms with Crippen LogP contribution in [0.15, 0.2) is 47.3 Å². The molecule has 0 spiro atoms. The first-order valence-electron chi connectivity index (χ1n) is 8.32. The fourth-order valence-corrected chi connectivity index (χ4v) is 3.31. The van der Waals surface area contributed by atoms with Crippen LogP contribution in [0.2, 0.25) is 10.0 Å². The summed E-state index contributed by atoms with van der Waals surface area (Å²) >= 11 is 12.4. The van der Waals surface area contributed by atoms with E-state index >= 15 is 0 Å². The number of hydrogen-bond acceptors (Lipinski definition) is 4. The summed E-state index contributed by atoms with van der Waals surface area (Å²) in [6.07, 6.45) is 0. The number of rotatable bonds is 5. The number of hydrogen-bond donors (Lipinski definition) is 1. The summed E-state index contributed by atoms with van der Waals surface area (Å²) in [6.45, 7) is 1.89. The Labute approximate surface area is 172 Å². The van der Waals surface area contributed by atoms with Gasteiger partial charge in [0.15, 0.2) is 11.5 Å². The molecular weight excluding hydrogens is 399 g/mol. The van der Waals surface area contributed by atoms with Crippen LogP contribution in [-0.2, 0) is 6.61 Å². The molecule has 5 nitrogen and oxygen atoms in total. The van der Waals surface area contributed by atoms with Gasteiger partial charge in [-0.2, -0.15) is 5.26 Å². The smallest absolute Gasteiger partial charge is 0.266 e. The van der Waals surface area contributed by atoms with Gasteiger partial charge in [-0.3, -0.25) is 4.79 Å². The van der Waals surface area contributed by atoms with Crippen LogP contribution in [0.5, 0.6) is 11.5 Å². The second-order valence-corrected chi connectivity index (χ2v) is 6.85. The van der Waals surface area contributed by atoms with Crippen molar-refractivity contribution in [1.82, 2.24) is 4.98 Å². The lowest BCUT2D eigenvalue weighted by molar-refractivity contribution is 0.285. The Kier molecular flexibility index (Phi) is 5.93. The topological polar surface area (TPSA) is 75.1 Å². The number of nitrogens with one attached hydrogen (secondary N) is 1. The number of H-pyrrole nitrogens is 1. The number of halogens is 2. The SMILES string of the molecule is COc1ccc(-c2cc(C)[nH]c(=O)c2C#N)cc1OCc1c(Cl)cccc1Cl. The lowest BCUT2D eigenvalue weighted by atomic mass is 10.0. The lowest BCUT2D eigenvalue weighted by Gasteiger charge is -2.14. The summed E-state index contributed by atoms with van der Waals surface area (Å²) in [7, 11) is 1.53. The van der Waals surface area contributed by atoms with Crippen molar-refractivity contribution in [2.75, 3.05) is 7.11 Å². The zero-order valence-electron chi connectivity index (χ0n) is 15.2. The summed E-state index contributed by atoms with van der Waals surface area (Å²) in [6, 6.07) is 14.1. The highest BCUT2D eigenvalue weighted by Crippen LogP contribution is 2.35. The van der Waals surface area contributed by atoms with E-state index in [2.05, 4.69) is 4.98 Å². The third-order valence-corrected chi connectivity index (χ3v) is 4.90. The number of pyridine rings is 1. The van der Waals surface area contributed by atoms with Gasteiger partial charge in [-0.25, -0.2) is 0 Å². The first kappa shape index (κ1) is 19.8. The second-order valence-electron chi connectivity index (χ2n) is 6.04. The minimum Gasteiger partial charge on any atom is -0.493 e. The molecule has 0 unspecified atom stereocenters. The maximum Gasteiger partial charge on any atom is 0.266 e. The van der Waals surface area contributed by atoms with Gasteiger partial charge in [-0.1, -0.05) is 35.3 Å². The number of aromatic nitrogens is 1. The Balaban J connectivity index is 2.02. The molecule has 0 saturated carbocycles. The van der Waals surface area contributed by atoms with E-state index in [4.69, 9.17) is 32.7 Å². The van der Waals surface area contributed by atoms with Crippen molar-refractivity contribution < 1.29 is 9.47 Å². The molecule has 0 aliphatic heterocycles. The predicted molar refractivity (Wildman–Crippen MR) is 109 cm³/mol. The Morgan fingerprint density at radius 1 is 1.11 bits per heavy atom. The van der Waals surface area contributed by atoms with Gasteiger partial charge in [0.25, 0.3) is 5.56 Å². The van der Waals surface area contributed by atoms with E-state index in [-0.39, 0.29) is 12.2 Å². The molecule has 0 radical (unpaired) electrons. The van der Waals surface area contributed by atoms with E-state index in [1.54, 1.807) is 49.4 Å². The quantitative estimate of drug-likeness (QED) is 0.628. The molecule has 0 aliphatic rings. The van der Waals surface area contributed by atoms with Crippen LogP contribution in [0, 0.1) is 18.3 Å². The zero-order valence-corrected chi connectivity index (χ0v) is 16.7. The van der Waals surface area contributed by atoms with Crippen molar-refractivity contribution in [2.24, 2.45) is 0 Å². The summed E-state index contributed by atoms with van der Waals surface area (Å²) in [5.74, 6) is 0.949. The molecule has 142 valence electrons. The Hall–Kier alpha value is -2.94. The van der Waals surface area contributed by atoms with E-state index in [0.29, 0.717) is 43.9 Å². The first-order valence-corrected chi connectivity index (χ1v) is 9.08. The molecule has 0 saturated heterocycles. The zero-order chi connectivity index (χ0) is 20.3. The van der Waals surface area contributed by atoms with Gasteiger partial charge in [0.05, 0.1) is 7.11 Å². The monoisotopic (exact) mass is 414 g/mol. The Morgan fingerprint density at radius 2 is 1.82 bits per heavy atom. The van der Waals surface area contributed by atoms with Crippen LogP contribution in [0.4, 0.5) is 0 Å². The van der Waals surface area contributed by atoms with Crippen LogP contribution in [-0.4, -0.2) is 12.1 Å². The maximum absolute atomic E-state index is 12.1. The average Bonchev–Trinajstić information content (AvgIpc) is 2.67. The highest BCUT2D eigenvalue weighted by atomic mass is 35.5. The summed E-state index contributed by atoms with van der Waals surface area (Å²) in [5, 5.41) is 10.4. The van der Waals surface area contributed by atoms with Crippen molar-refractivity contribution in [3.8, 4) is 28.7 Å². The van der Waals surface area contributed by atoms with E-state index in [1.807, 2.05) is 6.07 Å². The van der Waals surface area contributed by atoms with E-state index in [9.17, 15) is 10.1 Å². The first-order chi connectivity index (χ1) is 13.4. The minimum atomic E-state index is -0.432. The van der Waals surface area contributed by atoms with E-state index < -0.39 is 5.56 Å². The molecule has 0 amide bonds. The third kappa shape index (κ3) is 3.99. The maximum atomic E-state index is 12.1. The van der Waals surface area contributed by atoms with Gasteiger partial charge < -0.3 is 14.5 Å². The molecule has 2 aromatic carbocycles. The molecule has 3 rings (SSSR count). The molecule has 1 aromatic heterocycles. The van der Waals surface area contributed by atoms with E-state index in [1.165, 1.54) is 7.11 Å². The minimum absolute atomic E-state index is 0.0378. The van der Waals surface area contributed by atoms with Crippen molar-refractivity contribution in [3.63, 3.8) is 0 Å². The Bertz CT molecular complexity index is 1110. The average molecular weight is 415 g/mol. The number of aryl methyl sites for hydroxylation is 1. The van der Waals surface area contributed by atoms with Crippen LogP contribution >= 0.6 is 23.2 Å². The van der Waals surface area contributed by atoms with Crippen molar-refractivity contribution in [3.05, 3.63) is 79.7 Å². The van der Waals surface area contributed by atoms with Gasteiger partial charge >= 0.3 is 0 Å². The van der Waals surface area contributed by atoms with Gasteiger partial charge in [0.1, 0.15) is 18.2 Å². The lowest BCUT2D eigenvalue weighted by Crippen LogP contribution is -2.12. The summed E-state index contributed by atoms with van der Waals surface area (Å²) in [5.41, 5.74) is 2.09. The number of ether oxygens (including phenoxy) is 2. The molecule has 0 fully saturated rings. The van der Waals surface area contributed by atoms with Crippen LogP contribution in [0.3, 0.4) is 0 Å². The summed E-state index contributed by atoms with van der Waals surface area (Å²) in [4.78, 5) is 14.7. The summed E-state index contributed by atoms with van der Waals surface area (Å²) < 4.78 is 11.3. The van der Waals surface area contributed by atoms with Gasteiger partial charge in [0.2, 0.25) is 0 Å². The van der Waals surface area contributed by atoms with Gasteiger partial charge in [-0.05, 0) is 42.8 Å². The van der Waals surface area contributed by atoms with Gasteiger partial charge in [-0.15, -0.1) is 0 Å². The molecule has 0 aliphatic carbocycles. The number of aromatic amines is 1. The molecule has 3 aromatic rings.